The van der Waals surface area contributed by atoms with E-state index in [2.05, 4.69) is 4.98 Å². The quantitative estimate of drug-likeness (QED) is 0.912. The molecule has 0 spiro atoms. The third-order valence-electron chi connectivity index (χ3n) is 3.18. The molecule has 6 heteroatoms. The van der Waals surface area contributed by atoms with Crippen LogP contribution >= 0.6 is 0 Å². The molecule has 0 aliphatic heterocycles. The van der Waals surface area contributed by atoms with E-state index in [0.29, 0.717) is 12.0 Å². The number of halogens is 3. The third kappa shape index (κ3) is 3.59. The Morgan fingerprint density at radius 1 is 1.14 bits per heavy atom. The van der Waals surface area contributed by atoms with Crippen LogP contribution in [0.25, 0.3) is 0 Å². The van der Waals surface area contributed by atoms with Gasteiger partial charge in [-0.15, -0.1) is 0 Å². The van der Waals surface area contributed by atoms with Gasteiger partial charge in [0.25, 0.3) is 0 Å². The summed E-state index contributed by atoms with van der Waals surface area (Å²) >= 11 is 0. The number of hydrogen-bond acceptors (Lipinski definition) is 3. The van der Waals surface area contributed by atoms with E-state index < -0.39 is 17.8 Å². The summed E-state index contributed by atoms with van der Waals surface area (Å²) in [5.41, 5.74) is 6.35. The second kappa shape index (κ2) is 6.24. The Balaban J connectivity index is 2.34. The van der Waals surface area contributed by atoms with E-state index in [1.165, 1.54) is 12.3 Å². The molecule has 0 amide bonds. The average molecular weight is 296 g/mol. The van der Waals surface area contributed by atoms with Crippen LogP contribution in [0.3, 0.4) is 0 Å². The van der Waals surface area contributed by atoms with Crippen molar-refractivity contribution < 1.29 is 18.3 Å². The van der Waals surface area contributed by atoms with Gasteiger partial charge in [-0.25, -0.2) is 0 Å². The van der Waals surface area contributed by atoms with Crippen molar-refractivity contribution in [3.63, 3.8) is 0 Å². The Bertz CT molecular complexity index is 597. The molecule has 1 atom stereocenters. The van der Waals surface area contributed by atoms with E-state index >= 15 is 0 Å². The first kappa shape index (κ1) is 15.5. The molecule has 0 unspecified atom stereocenters. The Hall–Kier alpha value is -1.92. The Morgan fingerprint density at radius 2 is 1.81 bits per heavy atom. The van der Waals surface area contributed by atoms with Crippen molar-refractivity contribution >= 4 is 0 Å². The van der Waals surface area contributed by atoms with Gasteiger partial charge in [-0.05, 0) is 29.7 Å². The van der Waals surface area contributed by atoms with Crippen molar-refractivity contribution in [2.24, 2.45) is 5.73 Å². The van der Waals surface area contributed by atoms with Gasteiger partial charge in [-0.1, -0.05) is 24.3 Å². The Morgan fingerprint density at radius 3 is 2.38 bits per heavy atom. The van der Waals surface area contributed by atoms with Crippen LogP contribution in [-0.4, -0.2) is 16.7 Å². The number of hydrogen-bond donors (Lipinski definition) is 2. The minimum absolute atomic E-state index is 0.0177. The van der Waals surface area contributed by atoms with Crippen molar-refractivity contribution in [2.75, 3.05) is 6.61 Å². The second-order valence-corrected chi connectivity index (χ2v) is 4.63. The normalized spacial score (nSPS) is 13.2. The van der Waals surface area contributed by atoms with Crippen molar-refractivity contribution in [3.8, 4) is 0 Å². The molecule has 1 heterocycles. The smallest absolute Gasteiger partial charge is 0.396 e. The maximum absolute atomic E-state index is 13.0. The van der Waals surface area contributed by atoms with Crippen LogP contribution in [0.4, 0.5) is 13.2 Å². The SMILES string of the molecule is N[C@@H](c1ccc(CCO)cc1)c1ncccc1C(F)(F)F. The maximum Gasteiger partial charge on any atom is 0.418 e. The summed E-state index contributed by atoms with van der Waals surface area (Å²) < 4.78 is 38.9. The molecule has 1 aromatic heterocycles. The predicted octanol–water partition coefficient (Wildman–Crippen LogP) is 2.68. The van der Waals surface area contributed by atoms with Crippen molar-refractivity contribution in [3.05, 3.63) is 65.0 Å². The van der Waals surface area contributed by atoms with Crippen LogP contribution in [0.1, 0.15) is 28.4 Å². The molecular weight excluding hydrogens is 281 g/mol. The van der Waals surface area contributed by atoms with Crippen molar-refractivity contribution in [1.29, 1.82) is 0 Å². The van der Waals surface area contributed by atoms with Crippen LogP contribution in [0.2, 0.25) is 0 Å². The zero-order valence-electron chi connectivity index (χ0n) is 11.1. The summed E-state index contributed by atoms with van der Waals surface area (Å²) in [7, 11) is 0. The van der Waals surface area contributed by atoms with Gasteiger partial charge in [-0.2, -0.15) is 13.2 Å². The number of aromatic nitrogens is 1. The minimum Gasteiger partial charge on any atom is -0.396 e. The van der Waals surface area contributed by atoms with E-state index in [4.69, 9.17) is 10.8 Å². The molecule has 2 rings (SSSR count). The molecule has 0 saturated carbocycles. The number of benzene rings is 1. The number of pyridine rings is 1. The van der Waals surface area contributed by atoms with Gasteiger partial charge in [0.15, 0.2) is 0 Å². The highest BCUT2D eigenvalue weighted by atomic mass is 19.4. The molecule has 112 valence electrons. The molecule has 0 aliphatic carbocycles. The number of nitrogens with zero attached hydrogens (tertiary/aromatic N) is 1. The largest absolute Gasteiger partial charge is 0.418 e. The molecule has 0 aliphatic rings. The van der Waals surface area contributed by atoms with Crippen molar-refractivity contribution in [1.82, 2.24) is 4.98 Å². The molecule has 2 aromatic rings. The monoisotopic (exact) mass is 296 g/mol. The standard InChI is InChI=1S/C15H15F3N2O/c16-15(17,18)12-2-1-8-20-14(12)13(19)11-5-3-10(4-6-11)7-9-21/h1-6,8,13,21H,7,9,19H2/t13-/m0/s1. The molecule has 0 saturated heterocycles. The zero-order chi connectivity index (χ0) is 15.5. The molecule has 0 radical (unpaired) electrons. The Kier molecular flexibility index (Phi) is 4.59. The molecule has 1 aromatic carbocycles. The van der Waals surface area contributed by atoms with Crippen LogP contribution in [0.15, 0.2) is 42.6 Å². The lowest BCUT2D eigenvalue weighted by Gasteiger charge is -2.17. The molecule has 21 heavy (non-hydrogen) atoms. The van der Waals surface area contributed by atoms with Gasteiger partial charge in [-0.3, -0.25) is 4.98 Å². The summed E-state index contributed by atoms with van der Waals surface area (Å²) in [4.78, 5) is 3.80. The van der Waals surface area contributed by atoms with E-state index in [9.17, 15) is 13.2 Å². The van der Waals surface area contributed by atoms with Gasteiger partial charge < -0.3 is 10.8 Å². The fourth-order valence-electron chi connectivity index (χ4n) is 2.08. The summed E-state index contributed by atoms with van der Waals surface area (Å²) in [6.45, 7) is 0.0177. The first-order valence-electron chi connectivity index (χ1n) is 6.41. The van der Waals surface area contributed by atoms with Gasteiger partial charge in [0.05, 0.1) is 17.3 Å². The van der Waals surface area contributed by atoms with Crippen LogP contribution in [0.5, 0.6) is 0 Å². The lowest BCUT2D eigenvalue weighted by Crippen LogP contribution is -2.20. The lowest BCUT2D eigenvalue weighted by molar-refractivity contribution is -0.138. The number of rotatable bonds is 4. The van der Waals surface area contributed by atoms with Crippen molar-refractivity contribution in [2.45, 2.75) is 18.6 Å². The van der Waals surface area contributed by atoms with Crippen LogP contribution in [-0.2, 0) is 12.6 Å². The van der Waals surface area contributed by atoms with Gasteiger partial charge >= 0.3 is 6.18 Å². The lowest BCUT2D eigenvalue weighted by atomic mass is 9.98. The number of aliphatic hydroxyl groups excluding tert-OH is 1. The van der Waals surface area contributed by atoms with Gasteiger partial charge in [0.2, 0.25) is 0 Å². The highest BCUT2D eigenvalue weighted by Crippen LogP contribution is 2.34. The zero-order valence-corrected chi connectivity index (χ0v) is 11.1. The summed E-state index contributed by atoms with van der Waals surface area (Å²) in [5, 5.41) is 8.84. The fraction of sp³-hybridized carbons (Fsp3) is 0.267. The van der Waals surface area contributed by atoms with Gasteiger partial charge in [0, 0.05) is 12.8 Å². The molecule has 3 nitrogen and oxygen atoms in total. The summed E-state index contributed by atoms with van der Waals surface area (Å²) in [6.07, 6.45) is -2.70. The summed E-state index contributed by atoms with van der Waals surface area (Å²) in [6, 6.07) is 8.05. The minimum atomic E-state index is -4.49. The average Bonchev–Trinajstić information content (AvgIpc) is 2.47. The molecular formula is C15H15F3N2O. The highest BCUT2D eigenvalue weighted by molar-refractivity contribution is 5.35. The van der Waals surface area contributed by atoms with Crippen LogP contribution < -0.4 is 5.73 Å². The summed E-state index contributed by atoms with van der Waals surface area (Å²) in [5.74, 6) is 0. The van der Waals surface area contributed by atoms with E-state index in [-0.39, 0.29) is 12.3 Å². The number of nitrogens with two attached hydrogens (primary N) is 1. The van der Waals surface area contributed by atoms with E-state index in [1.54, 1.807) is 24.3 Å². The van der Waals surface area contributed by atoms with Crippen LogP contribution in [0, 0.1) is 0 Å². The first-order valence-corrected chi connectivity index (χ1v) is 6.41. The third-order valence-corrected chi connectivity index (χ3v) is 3.18. The van der Waals surface area contributed by atoms with E-state index in [0.717, 1.165) is 11.6 Å². The predicted molar refractivity (Wildman–Crippen MR) is 72.5 cm³/mol. The second-order valence-electron chi connectivity index (χ2n) is 4.63. The molecule has 0 fully saturated rings. The maximum atomic E-state index is 13.0. The topological polar surface area (TPSA) is 59.1 Å². The number of alkyl halides is 3. The molecule has 0 bridgehead atoms. The van der Waals surface area contributed by atoms with E-state index in [1.807, 2.05) is 0 Å². The van der Waals surface area contributed by atoms with Gasteiger partial charge in [0.1, 0.15) is 0 Å². The first-order chi connectivity index (χ1) is 9.93. The fourth-order valence-corrected chi connectivity index (χ4v) is 2.08. The molecule has 3 N–H and O–H groups in total. The number of aliphatic hydroxyl groups is 1. The highest BCUT2D eigenvalue weighted by Gasteiger charge is 2.35. The Labute approximate surface area is 120 Å².